The molecule has 1 aliphatic heterocycles. The first-order valence-corrected chi connectivity index (χ1v) is 4.22. The second-order valence-electron chi connectivity index (χ2n) is 3.33. The van der Waals surface area contributed by atoms with E-state index in [4.69, 9.17) is 5.11 Å². The molecule has 0 spiro atoms. The maximum absolute atomic E-state index is 11.2. The number of aliphatic hydroxyl groups is 1. The minimum atomic E-state index is -0.422. The molecule has 2 unspecified atom stereocenters. The molecule has 0 aromatic heterocycles. The number of rotatable bonds is 3. The van der Waals surface area contributed by atoms with E-state index < -0.39 is 6.04 Å². The van der Waals surface area contributed by atoms with Crippen LogP contribution >= 0.6 is 0 Å². The highest BCUT2D eigenvalue weighted by Crippen LogP contribution is 2.11. The van der Waals surface area contributed by atoms with Gasteiger partial charge in [0.15, 0.2) is 0 Å². The fraction of sp³-hybridized carbons (Fsp3) is 0.750. The summed E-state index contributed by atoms with van der Waals surface area (Å²) >= 11 is 0. The van der Waals surface area contributed by atoms with Crippen LogP contribution in [0.25, 0.3) is 0 Å². The molecule has 5 nitrogen and oxygen atoms in total. The van der Waals surface area contributed by atoms with Crippen molar-refractivity contribution in [1.82, 2.24) is 10.2 Å². The van der Waals surface area contributed by atoms with Crippen LogP contribution in [0, 0.1) is 0 Å². The molecule has 1 fully saturated rings. The third-order valence-corrected chi connectivity index (χ3v) is 2.40. The van der Waals surface area contributed by atoms with Crippen molar-refractivity contribution in [3.05, 3.63) is 0 Å². The third-order valence-electron chi connectivity index (χ3n) is 2.40. The van der Waals surface area contributed by atoms with Crippen LogP contribution in [0.2, 0.25) is 0 Å². The van der Waals surface area contributed by atoms with E-state index in [9.17, 15) is 9.59 Å². The average molecular weight is 186 g/mol. The number of nitrogens with one attached hydrogen (secondary N) is 1. The van der Waals surface area contributed by atoms with Gasteiger partial charge in [0, 0.05) is 6.04 Å². The Morgan fingerprint density at radius 2 is 2.31 bits per heavy atom. The molecule has 74 valence electrons. The van der Waals surface area contributed by atoms with Crippen molar-refractivity contribution in [2.24, 2.45) is 0 Å². The fourth-order valence-electron chi connectivity index (χ4n) is 1.30. The summed E-state index contributed by atoms with van der Waals surface area (Å²) in [6, 6.07) is -0.531. The topological polar surface area (TPSA) is 69.6 Å². The molecule has 2 N–H and O–H groups in total. The SMILES string of the molecule is CC(CO)N(C)C1CC(=O)NC1=O. The monoisotopic (exact) mass is 186 g/mol. The number of hydrogen-bond donors (Lipinski definition) is 2. The van der Waals surface area contributed by atoms with Gasteiger partial charge in [-0.2, -0.15) is 0 Å². The highest BCUT2D eigenvalue weighted by molar-refractivity contribution is 6.05. The predicted molar refractivity (Wildman–Crippen MR) is 45.9 cm³/mol. The molecule has 1 heterocycles. The molecule has 0 saturated carbocycles. The number of aliphatic hydroxyl groups excluding tert-OH is 1. The van der Waals surface area contributed by atoms with E-state index in [2.05, 4.69) is 5.32 Å². The lowest BCUT2D eigenvalue weighted by atomic mass is 10.2. The van der Waals surface area contributed by atoms with Crippen LogP contribution in [-0.4, -0.2) is 47.6 Å². The Hall–Kier alpha value is -0.940. The van der Waals surface area contributed by atoms with Crippen LogP contribution in [-0.2, 0) is 9.59 Å². The Morgan fingerprint density at radius 1 is 1.69 bits per heavy atom. The molecule has 2 amide bonds. The molecule has 0 aliphatic carbocycles. The molecule has 1 rings (SSSR count). The first-order valence-electron chi connectivity index (χ1n) is 4.22. The fourth-order valence-corrected chi connectivity index (χ4v) is 1.30. The van der Waals surface area contributed by atoms with Gasteiger partial charge < -0.3 is 5.11 Å². The number of nitrogens with zero attached hydrogens (tertiary/aromatic N) is 1. The average Bonchev–Trinajstić information content (AvgIpc) is 2.42. The molecular formula is C8H14N2O3. The highest BCUT2D eigenvalue weighted by atomic mass is 16.3. The summed E-state index contributed by atoms with van der Waals surface area (Å²) in [7, 11) is 1.73. The second-order valence-corrected chi connectivity index (χ2v) is 3.33. The largest absolute Gasteiger partial charge is 0.395 e. The summed E-state index contributed by atoms with van der Waals surface area (Å²) in [6.45, 7) is 1.78. The van der Waals surface area contributed by atoms with Gasteiger partial charge in [0.05, 0.1) is 19.1 Å². The standard InChI is InChI=1S/C8H14N2O3/c1-5(4-11)10(2)6-3-7(12)9-8(6)13/h5-6,11H,3-4H2,1-2H3,(H,9,12,13). The van der Waals surface area contributed by atoms with Crippen molar-refractivity contribution >= 4 is 11.8 Å². The van der Waals surface area contributed by atoms with Crippen molar-refractivity contribution in [2.45, 2.75) is 25.4 Å². The normalized spacial score (nSPS) is 25.1. The van der Waals surface area contributed by atoms with Crippen LogP contribution in [0.5, 0.6) is 0 Å². The summed E-state index contributed by atoms with van der Waals surface area (Å²) in [5.74, 6) is -0.514. The van der Waals surface area contributed by atoms with E-state index in [1.54, 1.807) is 18.9 Å². The van der Waals surface area contributed by atoms with Crippen molar-refractivity contribution < 1.29 is 14.7 Å². The van der Waals surface area contributed by atoms with Gasteiger partial charge in [0.2, 0.25) is 11.8 Å². The first kappa shape index (κ1) is 10.1. The van der Waals surface area contributed by atoms with Gasteiger partial charge in [-0.1, -0.05) is 0 Å². The number of likely N-dealkylation sites (N-methyl/N-ethyl adjacent to an activating group) is 1. The van der Waals surface area contributed by atoms with Crippen molar-refractivity contribution in [2.75, 3.05) is 13.7 Å². The Kier molecular flexibility index (Phi) is 3.00. The van der Waals surface area contributed by atoms with E-state index in [1.807, 2.05) is 0 Å². The van der Waals surface area contributed by atoms with E-state index in [0.29, 0.717) is 0 Å². The van der Waals surface area contributed by atoms with E-state index in [-0.39, 0.29) is 30.9 Å². The van der Waals surface area contributed by atoms with E-state index >= 15 is 0 Å². The summed E-state index contributed by atoms with van der Waals surface area (Å²) in [6.07, 6.45) is 0.194. The molecule has 0 radical (unpaired) electrons. The Labute approximate surface area is 76.7 Å². The number of amides is 2. The van der Waals surface area contributed by atoms with Crippen LogP contribution < -0.4 is 5.32 Å². The summed E-state index contributed by atoms with van der Waals surface area (Å²) in [4.78, 5) is 23.8. The summed E-state index contributed by atoms with van der Waals surface area (Å²) < 4.78 is 0. The van der Waals surface area contributed by atoms with Crippen LogP contribution in [0.4, 0.5) is 0 Å². The van der Waals surface area contributed by atoms with Crippen molar-refractivity contribution in [1.29, 1.82) is 0 Å². The minimum Gasteiger partial charge on any atom is -0.395 e. The lowest BCUT2D eigenvalue weighted by molar-refractivity contribution is -0.126. The number of carbonyl (C=O) groups excluding carboxylic acids is 2. The molecule has 2 atom stereocenters. The van der Waals surface area contributed by atoms with Crippen LogP contribution in [0.1, 0.15) is 13.3 Å². The molecule has 1 aliphatic rings. The highest BCUT2D eigenvalue weighted by Gasteiger charge is 2.35. The molecule has 13 heavy (non-hydrogen) atoms. The summed E-state index contributed by atoms with van der Waals surface area (Å²) in [5.41, 5.74) is 0. The maximum Gasteiger partial charge on any atom is 0.244 e. The molecule has 0 aromatic rings. The first-order chi connectivity index (χ1) is 6.06. The van der Waals surface area contributed by atoms with Gasteiger partial charge in [-0.3, -0.25) is 19.8 Å². The lowest BCUT2D eigenvalue weighted by Crippen LogP contribution is -2.44. The zero-order valence-electron chi connectivity index (χ0n) is 7.78. The van der Waals surface area contributed by atoms with Crippen molar-refractivity contribution in [3.8, 4) is 0 Å². The zero-order valence-corrected chi connectivity index (χ0v) is 7.78. The maximum atomic E-state index is 11.2. The second kappa shape index (κ2) is 3.85. The quantitative estimate of drug-likeness (QED) is 0.538. The van der Waals surface area contributed by atoms with Gasteiger partial charge in [0.1, 0.15) is 0 Å². The van der Waals surface area contributed by atoms with Gasteiger partial charge in [-0.15, -0.1) is 0 Å². The minimum absolute atomic E-state index is 0.0194. The number of imide groups is 1. The van der Waals surface area contributed by atoms with E-state index in [1.165, 1.54) is 0 Å². The molecule has 0 aromatic carbocycles. The Balaban J connectivity index is 2.61. The smallest absolute Gasteiger partial charge is 0.244 e. The molecule has 0 bridgehead atoms. The van der Waals surface area contributed by atoms with Crippen LogP contribution in [0.3, 0.4) is 0 Å². The van der Waals surface area contributed by atoms with Gasteiger partial charge in [-0.25, -0.2) is 0 Å². The zero-order chi connectivity index (χ0) is 10.0. The molecular weight excluding hydrogens is 172 g/mol. The van der Waals surface area contributed by atoms with Gasteiger partial charge in [0.25, 0.3) is 0 Å². The molecule has 1 saturated heterocycles. The van der Waals surface area contributed by atoms with E-state index in [0.717, 1.165) is 0 Å². The van der Waals surface area contributed by atoms with Gasteiger partial charge in [-0.05, 0) is 14.0 Å². The Bertz CT molecular complexity index is 229. The number of carbonyl (C=O) groups is 2. The molecule has 5 heteroatoms. The van der Waals surface area contributed by atoms with Gasteiger partial charge >= 0.3 is 0 Å². The predicted octanol–water partition coefficient (Wildman–Crippen LogP) is -1.29. The van der Waals surface area contributed by atoms with Crippen molar-refractivity contribution in [3.63, 3.8) is 0 Å². The Morgan fingerprint density at radius 3 is 2.69 bits per heavy atom. The lowest BCUT2D eigenvalue weighted by Gasteiger charge is -2.26. The van der Waals surface area contributed by atoms with Crippen LogP contribution in [0.15, 0.2) is 0 Å². The third kappa shape index (κ3) is 2.05. The summed E-state index contributed by atoms with van der Waals surface area (Å²) in [5, 5.41) is 11.1. The number of hydrogen-bond acceptors (Lipinski definition) is 4.